The van der Waals surface area contributed by atoms with Crippen molar-refractivity contribution in [3.8, 4) is 17.1 Å². The number of aryl methyl sites for hydroxylation is 3. The molecule has 0 saturated heterocycles. The Morgan fingerprint density at radius 3 is 2.36 bits per heavy atom. The Hall–Kier alpha value is -4.49. The molecule has 8 heteroatoms. The Kier molecular flexibility index (Phi) is 7.43. The largest absolute Gasteiger partial charge is 0.486 e. The molecule has 0 saturated carbocycles. The molecule has 0 atom stereocenters. The van der Waals surface area contributed by atoms with Gasteiger partial charge in [0.1, 0.15) is 18.1 Å². The van der Waals surface area contributed by atoms with Crippen molar-refractivity contribution in [2.45, 2.75) is 34.3 Å². The molecule has 0 aliphatic heterocycles. The smallest absolute Gasteiger partial charge is 0.307 e. The van der Waals surface area contributed by atoms with Crippen molar-refractivity contribution in [3.63, 3.8) is 0 Å². The van der Waals surface area contributed by atoms with Crippen LogP contribution < -0.4 is 10.2 Å². The Balaban J connectivity index is 1.18. The normalized spacial score (nSPS) is 11.3. The van der Waals surface area contributed by atoms with Crippen molar-refractivity contribution < 1.29 is 13.9 Å². The number of halogens is 1. The summed E-state index contributed by atoms with van der Waals surface area (Å²) in [6, 6.07) is 25.0. The summed E-state index contributed by atoms with van der Waals surface area (Å²) in [5.74, 6) is 0.964. The summed E-state index contributed by atoms with van der Waals surface area (Å²) >= 11 is 6.16. The Morgan fingerprint density at radius 1 is 0.897 bits per heavy atom. The number of furan rings is 1. The lowest BCUT2D eigenvalue weighted by Crippen LogP contribution is -2.16. The maximum Gasteiger partial charge on any atom is 0.307 e. The highest BCUT2D eigenvalue weighted by atomic mass is 35.5. The van der Waals surface area contributed by atoms with E-state index in [0.717, 1.165) is 28.3 Å². The van der Waals surface area contributed by atoms with Crippen LogP contribution in [0.4, 0.5) is 0 Å². The third-order valence-electron chi connectivity index (χ3n) is 6.54. The monoisotopic (exact) mass is 540 g/mol. The lowest BCUT2D eigenvalue weighted by atomic mass is 10.2. The molecule has 0 aliphatic rings. The van der Waals surface area contributed by atoms with Crippen molar-refractivity contribution in [1.82, 2.24) is 14.6 Å². The molecule has 5 aromatic rings. The zero-order valence-corrected chi connectivity index (χ0v) is 23.0. The summed E-state index contributed by atoms with van der Waals surface area (Å²) in [4.78, 5) is 12.6. The third-order valence-corrected chi connectivity index (χ3v) is 6.77. The molecule has 2 aromatic carbocycles. The van der Waals surface area contributed by atoms with Gasteiger partial charge < -0.3 is 18.3 Å². The highest BCUT2D eigenvalue weighted by molar-refractivity contribution is 6.30. The molecule has 7 nitrogen and oxygen atoms in total. The van der Waals surface area contributed by atoms with Crippen LogP contribution >= 0.6 is 11.6 Å². The second kappa shape index (κ2) is 11.1. The Labute approximate surface area is 232 Å². The first-order valence-electron chi connectivity index (χ1n) is 12.6. The van der Waals surface area contributed by atoms with Crippen LogP contribution in [0.15, 0.2) is 88.4 Å². The second-order valence-corrected chi connectivity index (χ2v) is 9.78. The van der Waals surface area contributed by atoms with Gasteiger partial charge >= 0.3 is 5.91 Å². The molecule has 1 amide bonds. The van der Waals surface area contributed by atoms with E-state index >= 15 is 0 Å². The lowest BCUT2D eigenvalue weighted by molar-refractivity contribution is 0.0923. The van der Waals surface area contributed by atoms with E-state index in [1.165, 1.54) is 11.4 Å². The highest BCUT2D eigenvalue weighted by Crippen LogP contribution is 2.23. The van der Waals surface area contributed by atoms with Crippen molar-refractivity contribution in [3.05, 3.63) is 124 Å². The van der Waals surface area contributed by atoms with E-state index in [4.69, 9.17) is 20.8 Å². The van der Waals surface area contributed by atoms with Gasteiger partial charge in [-0.25, -0.2) is 5.43 Å². The molecule has 39 heavy (non-hydrogen) atoms. The van der Waals surface area contributed by atoms with E-state index in [9.17, 15) is 4.79 Å². The number of benzene rings is 2. The maximum atomic E-state index is 12.6. The van der Waals surface area contributed by atoms with Crippen LogP contribution in [-0.4, -0.2) is 21.3 Å². The van der Waals surface area contributed by atoms with E-state index in [1.807, 2.05) is 68.4 Å². The predicted molar refractivity (Wildman–Crippen MR) is 154 cm³/mol. The molecule has 198 valence electrons. The van der Waals surface area contributed by atoms with Gasteiger partial charge in [0, 0.05) is 44.7 Å². The molecule has 0 spiro atoms. The molecule has 0 bridgehead atoms. The number of nitrogens with one attached hydrogen (secondary N) is 1. The number of hydrazone groups is 1. The molecule has 0 fully saturated rings. The van der Waals surface area contributed by atoms with Gasteiger partial charge in [-0.1, -0.05) is 17.7 Å². The molecule has 5 rings (SSSR count). The zero-order chi connectivity index (χ0) is 27.5. The van der Waals surface area contributed by atoms with E-state index < -0.39 is 5.91 Å². The van der Waals surface area contributed by atoms with Gasteiger partial charge in [0.05, 0.1) is 6.21 Å². The SMILES string of the molecule is Cc1ccc(C)n1-c1ccc(OCc2ccc(C(=O)N/N=C/c3cc(C)n(-c4cccc(Cl)c4)c3C)o2)cc1. The number of ether oxygens (including phenoxy) is 1. The second-order valence-electron chi connectivity index (χ2n) is 9.34. The molecule has 0 radical (unpaired) electrons. The highest BCUT2D eigenvalue weighted by Gasteiger charge is 2.13. The molecule has 3 heterocycles. The Bertz CT molecular complexity index is 1640. The lowest BCUT2D eigenvalue weighted by Gasteiger charge is -2.10. The summed E-state index contributed by atoms with van der Waals surface area (Å²) in [5, 5.41) is 4.80. The number of carbonyl (C=O) groups excluding carboxylic acids is 1. The minimum Gasteiger partial charge on any atom is -0.486 e. The van der Waals surface area contributed by atoms with Crippen LogP contribution in [0.5, 0.6) is 5.75 Å². The summed E-state index contributed by atoms with van der Waals surface area (Å²) in [7, 11) is 0. The van der Waals surface area contributed by atoms with E-state index in [0.29, 0.717) is 16.5 Å². The minimum atomic E-state index is -0.442. The summed E-state index contributed by atoms with van der Waals surface area (Å²) in [5.41, 5.74) is 9.82. The number of hydrogen-bond acceptors (Lipinski definition) is 4. The molecule has 1 N–H and O–H groups in total. The molecule has 0 aliphatic carbocycles. The van der Waals surface area contributed by atoms with Crippen LogP contribution in [0.1, 0.15) is 44.7 Å². The molecular formula is C31H29ClN4O3. The molecular weight excluding hydrogens is 512 g/mol. The first-order chi connectivity index (χ1) is 18.8. The number of carbonyl (C=O) groups is 1. The minimum absolute atomic E-state index is 0.157. The standard InChI is InChI=1S/C31H29ClN4O3/c1-20-8-9-21(2)35(20)26-10-12-28(13-11-26)38-19-29-14-15-30(39-29)31(37)34-33-18-24-16-22(3)36(23(24)4)27-7-5-6-25(32)17-27/h5-18H,19H2,1-4H3,(H,34,37)/b33-18+. The predicted octanol–water partition coefficient (Wildman–Crippen LogP) is 7.09. The number of hydrogen-bond donors (Lipinski definition) is 1. The van der Waals surface area contributed by atoms with Crippen molar-refractivity contribution in [2.24, 2.45) is 5.10 Å². The molecule has 3 aromatic heterocycles. The van der Waals surface area contributed by atoms with Crippen LogP contribution in [0, 0.1) is 27.7 Å². The fraction of sp³-hybridized carbons (Fsp3) is 0.161. The van der Waals surface area contributed by atoms with Crippen LogP contribution in [-0.2, 0) is 6.61 Å². The summed E-state index contributed by atoms with van der Waals surface area (Å²) < 4.78 is 15.8. The van der Waals surface area contributed by atoms with Gasteiger partial charge in [-0.05, 0) is 100 Å². The van der Waals surface area contributed by atoms with E-state index in [2.05, 4.69) is 45.6 Å². The third kappa shape index (κ3) is 5.68. The quantitative estimate of drug-likeness (QED) is 0.169. The molecule has 0 unspecified atom stereocenters. The van der Waals surface area contributed by atoms with Crippen LogP contribution in [0.25, 0.3) is 11.4 Å². The zero-order valence-electron chi connectivity index (χ0n) is 22.2. The fourth-order valence-electron chi connectivity index (χ4n) is 4.65. The average Bonchev–Trinajstić information content (AvgIpc) is 3.60. The van der Waals surface area contributed by atoms with E-state index in [1.54, 1.807) is 18.3 Å². The van der Waals surface area contributed by atoms with Crippen LogP contribution in [0.3, 0.4) is 0 Å². The number of nitrogens with zero attached hydrogens (tertiary/aromatic N) is 3. The number of aromatic nitrogens is 2. The van der Waals surface area contributed by atoms with Gasteiger partial charge in [0.15, 0.2) is 5.76 Å². The topological polar surface area (TPSA) is 73.7 Å². The van der Waals surface area contributed by atoms with Gasteiger partial charge in [-0.15, -0.1) is 0 Å². The van der Waals surface area contributed by atoms with Gasteiger partial charge in [0.2, 0.25) is 0 Å². The van der Waals surface area contributed by atoms with Crippen LogP contribution in [0.2, 0.25) is 5.02 Å². The van der Waals surface area contributed by atoms with Gasteiger partial charge in [-0.3, -0.25) is 4.79 Å². The fourth-order valence-corrected chi connectivity index (χ4v) is 4.83. The van der Waals surface area contributed by atoms with Crippen molar-refractivity contribution in [1.29, 1.82) is 0 Å². The first-order valence-corrected chi connectivity index (χ1v) is 12.9. The Morgan fingerprint density at radius 2 is 1.64 bits per heavy atom. The number of amides is 1. The average molecular weight is 541 g/mol. The van der Waals surface area contributed by atoms with Crippen molar-refractivity contribution >= 4 is 23.7 Å². The van der Waals surface area contributed by atoms with Crippen molar-refractivity contribution in [2.75, 3.05) is 0 Å². The van der Waals surface area contributed by atoms with Gasteiger partial charge in [-0.2, -0.15) is 5.10 Å². The first kappa shape index (κ1) is 26.1. The van der Waals surface area contributed by atoms with Gasteiger partial charge in [0.25, 0.3) is 0 Å². The van der Waals surface area contributed by atoms with E-state index in [-0.39, 0.29) is 12.4 Å². The number of rotatable bonds is 8. The maximum absolute atomic E-state index is 12.6. The summed E-state index contributed by atoms with van der Waals surface area (Å²) in [6.45, 7) is 8.36. The summed E-state index contributed by atoms with van der Waals surface area (Å²) in [6.07, 6.45) is 1.62.